The summed E-state index contributed by atoms with van der Waals surface area (Å²) in [6.45, 7) is 8.63. The molecule has 0 aromatic carbocycles. The lowest BCUT2D eigenvalue weighted by Crippen LogP contribution is -2.40. The summed E-state index contributed by atoms with van der Waals surface area (Å²) in [6, 6.07) is 1.22. The fraction of sp³-hybridized carbons (Fsp3) is 0.783. The largest absolute Gasteiger partial charge is 0.353 e. The lowest BCUT2D eigenvalue weighted by Gasteiger charge is -2.30. The first-order valence-electron chi connectivity index (χ1n) is 12.4. The highest BCUT2D eigenvalue weighted by atomic mass is 35.5. The van der Waals surface area contributed by atoms with Crippen molar-refractivity contribution in [2.24, 2.45) is 5.73 Å². The molecule has 2 aromatic heterocycles. The fourth-order valence-corrected chi connectivity index (χ4v) is 5.25. The maximum atomic E-state index is 6.10. The lowest BCUT2D eigenvalue weighted by molar-refractivity contribution is 0.233. The molecule has 0 bridgehead atoms. The Balaban J connectivity index is 0.00000193. The molecule has 10 heteroatoms. The van der Waals surface area contributed by atoms with Gasteiger partial charge < -0.3 is 20.9 Å². The predicted octanol–water partition coefficient (Wildman–Crippen LogP) is 4.96. The summed E-state index contributed by atoms with van der Waals surface area (Å²) in [4.78, 5) is 17.1. The number of nitrogens with two attached hydrogens (primary N) is 1. The first-order chi connectivity index (χ1) is 15.1. The van der Waals surface area contributed by atoms with Crippen LogP contribution in [0.25, 0.3) is 11.2 Å². The van der Waals surface area contributed by atoms with E-state index in [2.05, 4.69) is 40.9 Å². The molecule has 2 fully saturated rings. The van der Waals surface area contributed by atoms with Gasteiger partial charge in [-0.3, -0.25) is 4.90 Å². The number of imidazole rings is 1. The Bertz CT molecular complexity index is 842. The van der Waals surface area contributed by atoms with E-state index in [1.807, 2.05) is 6.33 Å². The molecule has 2 saturated carbocycles. The lowest BCUT2D eigenvalue weighted by atomic mass is 9.92. The van der Waals surface area contributed by atoms with Crippen molar-refractivity contribution in [3.63, 3.8) is 0 Å². The summed E-state index contributed by atoms with van der Waals surface area (Å²) in [5.74, 6) is 1.56. The molecule has 0 saturated heterocycles. The van der Waals surface area contributed by atoms with Crippen LogP contribution in [0.15, 0.2) is 6.33 Å². The molecule has 2 aliphatic carbocycles. The molecule has 2 heterocycles. The average Bonchev–Trinajstić information content (AvgIpc) is 3.45. The van der Waals surface area contributed by atoms with Gasteiger partial charge in [-0.25, -0.2) is 4.98 Å². The van der Waals surface area contributed by atoms with Gasteiger partial charge in [0.25, 0.3) is 0 Å². The van der Waals surface area contributed by atoms with E-state index in [-0.39, 0.29) is 31.0 Å². The van der Waals surface area contributed by atoms with Crippen molar-refractivity contribution in [2.75, 3.05) is 23.7 Å². The molecular formula is C23H42Cl2N8. The zero-order valence-corrected chi connectivity index (χ0v) is 21.9. The molecule has 0 aliphatic heterocycles. The third-order valence-corrected chi connectivity index (χ3v) is 7.19. The Labute approximate surface area is 210 Å². The minimum atomic E-state index is 0. The number of halogens is 2. The standard InChI is InChI=1S/C23H40N8.2ClH/c1-4-19(30(5-2)6-3)27-21-20-22(31(15-25-20)18-9-7-8-10-18)29-23(28-21)26-17-13-11-16(24)12-14-17;;/h15-19H,4-14,24H2,1-3H3,(H2,26,27,28,29);2*1H. The predicted molar refractivity (Wildman–Crippen MR) is 142 cm³/mol. The van der Waals surface area contributed by atoms with Crippen LogP contribution < -0.4 is 16.4 Å². The van der Waals surface area contributed by atoms with Crippen molar-refractivity contribution >= 4 is 47.7 Å². The SMILES string of the molecule is CCC(Nc1nc(NC2CCC(N)CC2)nc2c1ncn2C1CCCC1)N(CC)CC.Cl.Cl. The second-order valence-electron chi connectivity index (χ2n) is 9.20. The highest BCUT2D eigenvalue weighted by Gasteiger charge is 2.25. The van der Waals surface area contributed by atoms with Crippen LogP contribution in [-0.4, -0.2) is 55.8 Å². The van der Waals surface area contributed by atoms with Gasteiger partial charge in [-0.05, 0) is 58.0 Å². The maximum absolute atomic E-state index is 6.10. The van der Waals surface area contributed by atoms with Crippen LogP contribution in [0.1, 0.15) is 84.6 Å². The van der Waals surface area contributed by atoms with E-state index in [9.17, 15) is 0 Å². The van der Waals surface area contributed by atoms with E-state index in [0.717, 1.165) is 62.2 Å². The second-order valence-corrected chi connectivity index (χ2v) is 9.20. The number of fused-ring (bicyclic) bond motifs is 1. The van der Waals surface area contributed by atoms with Gasteiger partial charge >= 0.3 is 0 Å². The van der Waals surface area contributed by atoms with Crippen LogP contribution in [0.4, 0.5) is 11.8 Å². The van der Waals surface area contributed by atoms with Crippen molar-refractivity contribution < 1.29 is 0 Å². The van der Waals surface area contributed by atoms with Crippen LogP contribution in [0.3, 0.4) is 0 Å². The van der Waals surface area contributed by atoms with Gasteiger partial charge in [-0.1, -0.05) is 33.6 Å². The summed E-state index contributed by atoms with van der Waals surface area (Å²) in [7, 11) is 0. The van der Waals surface area contributed by atoms with E-state index in [1.165, 1.54) is 25.7 Å². The molecule has 4 rings (SSSR count). The Morgan fingerprint density at radius 2 is 1.70 bits per heavy atom. The third-order valence-electron chi connectivity index (χ3n) is 7.19. The van der Waals surface area contributed by atoms with Crippen molar-refractivity contribution in [3.05, 3.63) is 6.33 Å². The van der Waals surface area contributed by atoms with Gasteiger partial charge in [0.05, 0.1) is 12.5 Å². The van der Waals surface area contributed by atoms with Crippen LogP contribution in [0, 0.1) is 0 Å². The van der Waals surface area contributed by atoms with Gasteiger partial charge in [-0.2, -0.15) is 9.97 Å². The molecule has 1 unspecified atom stereocenters. The minimum absolute atomic E-state index is 0. The highest BCUT2D eigenvalue weighted by Crippen LogP contribution is 2.33. The van der Waals surface area contributed by atoms with E-state index in [0.29, 0.717) is 24.1 Å². The van der Waals surface area contributed by atoms with E-state index in [4.69, 9.17) is 20.7 Å². The minimum Gasteiger partial charge on any atom is -0.353 e. The summed E-state index contributed by atoms with van der Waals surface area (Å²) < 4.78 is 2.29. The van der Waals surface area contributed by atoms with Crippen molar-refractivity contribution in [1.82, 2.24) is 24.4 Å². The molecule has 0 amide bonds. The molecule has 8 nitrogen and oxygen atoms in total. The zero-order chi connectivity index (χ0) is 21.8. The Morgan fingerprint density at radius 3 is 2.30 bits per heavy atom. The Morgan fingerprint density at radius 1 is 1.03 bits per heavy atom. The fourth-order valence-electron chi connectivity index (χ4n) is 5.25. The molecule has 33 heavy (non-hydrogen) atoms. The molecule has 2 aromatic rings. The highest BCUT2D eigenvalue weighted by molar-refractivity contribution is 5.86. The van der Waals surface area contributed by atoms with Gasteiger partial charge in [-0.15, -0.1) is 24.8 Å². The van der Waals surface area contributed by atoms with Crippen molar-refractivity contribution in [3.8, 4) is 0 Å². The smallest absolute Gasteiger partial charge is 0.227 e. The number of hydrogen-bond acceptors (Lipinski definition) is 7. The quantitative estimate of drug-likeness (QED) is 0.418. The number of hydrogen-bond donors (Lipinski definition) is 3. The van der Waals surface area contributed by atoms with E-state index >= 15 is 0 Å². The van der Waals surface area contributed by atoms with Gasteiger partial charge in [0, 0.05) is 18.1 Å². The number of nitrogens with zero attached hydrogens (tertiary/aromatic N) is 5. The molecule has 0 radical (unpaired) electrons. The average molecular weight is 502 g/mol. The maximum Gasteiger partial charge on any atom is 0.227 e. The first-order valence-corrected chi connectivity index (χ1v) is 12.4. The molecule has 4 N–H and O–H groups in total. The second kappa shape index (κ2) is 12.9. The molecule has 188 valence electrons. The molecular weight excluding hydrogens is 459 g/mol. The van der Waals surface area contributed by atoms with Crippen molar-refractivity contribution in [2.45, 2.75) is 103 Å². The van der Waals surface area contributed by atoms with Gasteiger partial charge in [0.1, 0.15) is 0 Å². The Kier molecular flexibility index (Phi) is 10.9. The Hall–Kier alpha value is -1.35. The number of nitrogens with one attached hydrogen (secondary N) is 2. The number of aromatic nitrogens is 4. The van der Waals surface area contributed by atoms with Crippen LogP contribution in [0.5, 0.6) is 0 Å². The molecule has 0 spiro atoms. The number of anilines is 2. The molecule has 1 atom stereocenters. The van der Waals surface area contributed by atoms with Crippen LogP contribution in [-0.2, 0) is 0 Å². The first kappa shape index (κ1) is 27.9. The normalized spacial score (nSPS) is 22.1. The zero-order valence-electron chi connectivity index (χ0n) is 20.3. The molecule has 2 aliphatic rings. The summed E-state index contributed by atoms with van der Waals surface area (Å²) in [6.07, 6.45) is 12.5. The number of rotatable bonds is 9. The monoisotopic (exact) mass is 500 g/mol. The van der Waals surface area contributed by atoms with Crippen LogP contribution >= 0.6 is 24.8 Å². The summed E-state index contributed by atoms with van der Waals surface area (Å²) >= 11 is 0. The van der Waals surface area contributed by atoms with E-state index < -0.39 is 0 Å². The van der Waals surface area contributed by atoms with Crippen molar-refractivity contribution in [1.29, 1.82) is 0 Å². The van der Waals surface area contributed by atoms with E-state index in [1.54, 1.807) is 0 Å². The van der Waals surface area contributed by atoms with Gasteiger partial charge in [0.15, 0.2) is 17.0 Å². The van der Waals surface area contributed by atoms with Crippen LogP contribution in [0.2, 0.25) is 0 Å². The third kappa shape index (κ3) is 6.41. The van der Waals surface area contributed by atoms with Gasteiger partial charge in [0.2, 0.25) is 5.95 Å². The summed E-state index contributed by atoms with van der Waals surface area (Å²) in [5.41, 5.74) is 7.94. The topological polar surface area (TPSA) is 96.9 Å². The summed E-state index contributed by atoms with van der Waals surface area (Å²) in [5, 5.41) is 7.32.